The molecule has 5 nitrogen and oxygen atoms in total. The number of hydrogen-bond donors (Lipinski definition) is 1. The summed E-state index contributed by atoms with van der Waals surface area (Å²) in [5.41, 5.74) is -0.298. The second-order valence-corrected chi connectivity index (χ2v) is 4.20. The number of nitrogens with zero attached hydrogens (tertiary/aromatic N) is 2. The van der Waals surface area contributed by atoms with Crippen molar-refractivity contribution in [1.29, 1.82) is 0 Å². The van der Waals surface area contributed by atoms with Crippen LogP contribution in [0.5, 0.6) is 0 Å². The molecule has 1 aromatic heterocycles. The Morgan fingerprint density at radius 2 is 2.19 bits per heavy atom. The Morgan fingerprint density at radius 3 is 2.81 bits per heavy atom. The fourth-order valence-corrected chi connectivity index (χ4v) is 2.21. The Hall–Kier alpha value is -0.940. The van der Waals surface area contributed by atoms with Crippen LogP contribution in [-0.4, -0.2) is 23.8 Å². The molecule has 0 aromatic carbocycles. The summed E-state index contributed by atoms with van der Waals surface area (Å²) in [6.45, 7) is 3.57. The van der Waals surface area contributed by atoms with Gasteiger partial charge in [0.05, 0.1) is 6.54 Å². The largest absolute Gasteiger partial charge is 0.370 e. The van der Waals surface area contributed by atoms with E-state index in [0.717, 1.165) is 19.4 Å². The van der Waals surface area contributed by atoms with Gasteiger partial charge in [0.15, 0.2) is 0 Å². The second-order valence-electron chi connectivity index (χ2n) is 4.20. The standard InChI is InChI=1S/C11H19N3O2/c1-3-12-8-9-13-10(14-16-9)11(15-2)6-4-5-7-11/h12H,3-8H2,1-2H3. The number of hydrogen-bond acceptors (Lipinski definition) is 5. The quantitative estimate of drug-likeness (QED) is 0.824. The van der Waals surface area contributed by atoms with E-state index in [1.165, 1.54) is 12.8 Å². The van der Waals surface area contributed by atoms with Gasteiger partial charge >= 0.3 is 0 Å². The highest BCUT2D eigenvalue weighted by Crippen LogP contribution is 2.39. The van der Waals surface area contributed by atoms with Crippen LogP contribution in [0.2, 0.25) is 0 Å². The molecule has 1 aliphatic carbocycles. The normalized spacial score (nSPS) is 19.1. The van der Waals surface area contributed by atoms with Gasteiger partial charge < -0.3 is 14.6 Å². The molecular formula is C11H19N3O2. The van der Waals surface area contributed by atoms with Crippen LogP contribution in [0.25, 0.3) is 0 Å². The van der Waals surface area contributed by atoms with Gasteiger partial charge in [-0.05, 0) is 32.2 Å². The van der Waals surface area contributed by atoms with Crippen LogP contribution in [0.3, 0.4) is 0 Å². The van der Waals surface area contributed by atoms with Crippen molar-refractivity contribution in [2.75, 3.05) is 13.7 Å². The SMILES string of the molecule is CCNCc1nc(C2(OC)CCCC2)no1. The first-order valence-corrected chi connectivity index (χ1v) is 5.89. The van der Waals surface area contributed by atoms with Gasteiger partial charge in [0.1, 0.15) is 5.60 Å². The van der Waals surface area contributed by atoms with Crippen molar-refractivity contribution in [3.05, 3.63) is 11.7 Å². The predicted molar refractivity (Wildman–Crippen MR) is 58.8 cm³/mol. The minimum Gasteiger partial charge on any atom is -0.370 e. The van der Waals surface area contributed by atoms with Crippen molar-refractivity contribution in [3.8, 4) is 0 Å². The van der Waals surface area contributed by atoms with Crippen LogP contribution in [-0.2, 0) is 16.9 Å². The molecule has 1 aromatic rings. The number of ether oxygens (including phenoxy) is 1. The third-order valence-electron chi connectivity index (χ3n) is 3.20. The zero-order valence-corrected chi connectivity index (χ0v) is 9.95. The molecule has 0 saturated heterocycles. The lowest BCUT2D eigenvalue weighted by atomic mass is 10.0. The average Bonchev–Trinajstić information content (AvgIpc) is 2.95. The van der Waals surface area contributed by atoms with Crippen molar-refractivity contribution >= 4 is 0 Å². The van der Waals surface area contributed by atoms with Crippen LogP contribution in [0.15, 0.2) is 4.52 Å². The minimum absolute atomic E-state index is 0.298. The van der Waals surface area contributed by atoms with Gasteiger partial charge in [-0.2, -0.15) is 4.98 Å². The van der Waals surface area contributed by atoms with Gasteiger partial charge in [-0.1, -0.05) is 12.1 Å². The van der Waals surface area contributed by atoms with Crippen LogP contribution in [0.1, 0.15) is 44.3 Å². The first-order valence-electron chi connectivity index (χ1n) is 5.89. The Kier molecular flexibility index (Phi) is 3.56. The molecule has 2 rings (SSSR count). The van der Waals surface area contributed by atoms with E-state index in [1.54, 1.807) is 7.11 Å². The second kappa shape index (κ2) is 4.93. The molecule has 1 aliphatic rings. The van der Waals surface area contributed by atoms with E-state index in [4.69, 9.17) is 9.26 Å². The minimum atomic E-state index is -0.298. The molecule has 1 fully saturated rings. The lowest BCUT2D eigenvalue weighted by Gasteiger charge is -2.22. The van der Waals surface area contributed by atoms with Crippen LogP contribution in [0, 0.1) is 0 Å². The van der Waals surface area contributed by atoms with Gasteiger partial charge in [-0.3, -0.25) is 0 Å². The monoisotopic (exact) mass is 225 g/mol. The molecule has 0 amide bonds. The maximum atomic E-state index is 5.60. The summed E-state index contributed by atoms with van der Waals surface area (Å²) in [6.07, 6.45) is 4.32. The number of rotatable bonds is 5. The fraction of sp³-hybridized carbons (Fsp3) is 0.818. The van der Waals surface area contributed by atoms with Crippen molar-refractivity contribution in [2.45, 2.75) is 44.8 Å². The van der Waals surface area contributed by atoms with E-state index in [1.807, 2.05) is 6.92 Å². The van der Waals surface area contributed by atoms with Gasteiger partial charge in [0, 0.05) is 7.11 Å². The van der Waals surface area contributed by atoms with E-state index < -0.39 is 0 Å². The molecule has 0 atom stereocenters. The van der Waals surface area contributed by atoms with Crippen molar-refractivity contribution in [3.63, 3.8) is 0 Å². The molecule has 0 unspecified atom stereocenters. The Labute approximate surface area is 95.6 Å². The van der Waals surface area contributed by atoms with E-state index in [2.05, 4.69) is 15.5 Å². The number of aromatic nitrogens is 2. The topological polar surface area (TPSA) is 60.2 Å². The van der Waals surface area contributed by atoms with E-state index in [9.17, 15) is 0 Å². The summed E-state index contributed by atoms with van der Waals surface area (Å²) < 4.78 is 10.8. The third-order valence-corrected chi connectivity index (χ3v) is 3.20. The van der Waals surface area contributed by atoms with Crippen molar-refractivity contribution in [1.82, 2.24) is 15.5 Å². The summed E-state index contributed by atoms with van der Waals surface area (Å²) in [7, 11) is 1.73. The van der Waals surface area contributed by atoms with Gasteiger partial charge in [-0.25, -0.2) is 0 Å². The van der Waals surface area contributed by atoms with E-state index >= 15 is 0 Å². The lowest BCUT2D eigenvalue weighted by Crippen LogP contribution is -2.26. The van der Waals surface area contributed by atoms with Crippen molar-refractivity contribution in [2.24, 2.45) is 0 Å². The average molecular weight is 225 g/mol. The molecule has 1 N–H and O–H groups in total. The lowest BCUT2D eigenvalue weighted by molar-refractivity contribution is -0.0178. The zero-order valence-electron chi connectivity index (χ0n) is 9.95. The highest BCUT2D eigenvalue weighted by atomic mass is 16.5. The summed E-state index contributed by atoms with van der Waals surface area (Å²) in [5, 5.41) is 7.20. The van der Waals surface area contributed by atoms with Crippen molar-refractivity contribution < 1.29 is 9.26 Å². The molecule has 1 saturated carbocycles. The Morgan fingerprint density at radius 1 is 1.44 bits per heavy atom. The van der Waals surface area contributed by atoms with Crippen LogP contribution in [0.4, 0.5) is 0 Å². The molecule has 1 heterocycles. The maximum Gasteiger partial charge on any atom is 0.240 e. The number of nitrogens with one attached hydrogen (secondary N) is 1. The molecular weight excluding hydrogens is 206 g/mol. The maximum absolute atomic E-state index is 5.60. The van der Waals surface area contributed by atoms with Crippen LogP contribution < -0.4 is 5.32 Å². The number of methoxy groups -OCH3 is 1. The third kappa shape index (κ3) is 2.10. The Bertz CT molecular complexity index is 332. The summed E-state index contributed by atoms with van der Waals surface area (Å²) in [5.74, 6) is 1.35. The fourth-order valence-electron chi connectivity index (χ4n) is 2.21. The smallest absolute Gasteiger partial charge is 0.240 e. The highest BCUT2D eigenvalue weighted by molar-refractivity contribution is 5.04. The van der Waals surface area contributed by atoms with Gasteiger partial charge in [-0.15, -0.1) is 0 Å². The first kappa shape index (κ1) is 11.5. The van der Waals surface area contributed by atoms with E-state index in [0.29, 0.717) is 18.3 Å². The molecule has 0 spiro atoms. The molecule has 16 heavy (non-hydrogen) atoms. The van der Waals surface area contributed by atoms with Crippen LogP contribution >= 0.6 is 0 Å². The summed E-state index contributed by atoms with van der Waals surface area (Å²) >= 11 is 0. The molecule has 0 bridgehead atoms. The molecule has 90 valence electrons. The van der Waals surface area contributed by atoms with Gasteiger partial charge in [0.2, 0.25) is 11.7 Å². The predicted octanol–water partition coefficient (Wildman–Crippen LogP) is 1.59. The molecule has 0 aliphatic heterocycles. The molecule has 5 heteroatoms. The van der Waals surface area contributed by atoms with E-state index in [-0.39, 0.29) is 5.60 Å². The highest BCUT2D eigenvalue weighted by Gasteiger charge is 2.40. The Balaban J connectivity index is 2.10. The summed E-state index contributed by atoms with van der Waals surface area (Å²) in [6, 6.07) is 0. The molecule has 0 radical (unpaired) electrons. The zero-order chi connectivity index (χ0) is 11.4. The first-order chi connectivity index (χ1) is 7.80. The van der Waals surface area contributed by atoms with Gasteiger partial charge in [0.25, 0.3) is 0 Å². The summed E-state index contributed by atoms with van der Waals surface area (Å²) in [4.78, 5) is 4.41.